The van der Waals surface area contributed by atoms with E-state index in [9.17, 15) is 9.90 Å². The van der Waals surface area contributed by atoms with Crippen LogP contribution in [0.1, 0.15) is 25.3 Å². The lowest BCUT2D eigenvalue weighted by Crippen LogP contribution is -2.53. The molecule has 1 aromatic rings. The van der Waals surface area contributed by atoms with Gasteiger partial charge in [-0.3, -0.25) is 9.69 Å². The van der Waals surface area contributed by atoms with E-state index in [2.05, 4.69) is 11.8 Å². The van der Waals surface area contributed by atoms with Crippen molar-refractivity contribution in [3.63, 3.8) is 0 Å². The predicted octanol–water partition coefficient (Wildman–Crippen LogP) is 1.31. The molecule has 2 fully saturated rings. The fraction of sp³-hybridized carbons (Fsp3) is 0.650. The first-order valence-electron chi connectivity index (χ1n) is 9.68. The fourth-order valence-electron chi connectivity index (χ4n) is 3.49. The van der Waals surface area contributed by atoms with Crippen LogP contribution < -0.4 is 4.74 Å². The summed E-state index contributed by atoms with van der Waals surface area (Å²) < 4.78 is 11.2. The lowest BCUT2D eigenvalue weighted by molar-refractivity contribution is -0.142. The van der Waals surface area contributed by atoms with E-state index in [1.807, 2.05) is 29.2 Å². The van der Waals surface area contributed by atoms with Crippen molar-refractivity contribution in [2.75, 3.05) is 45.9 Å². The minimum Gasteiger partial charge on any atom is -0.491 e. The molecular weight excluding hydrogens is 332 g/mol. The van der Waals surface area contributed by atoms with E-state index >= 15 is 0 Å². The van der Waals surface area contributed by atoms with Gasteiger partial charge in [0.05, 0.1) is 0 Å². The van der Waals surface area contributed by atoms with Gasteiger partial charge < -0.3 is 19.5 Å². The molecule has 6 heteroatoms. The average molecular weight is 362 g/mol. The number of benzene rings is 1. The van der Waals surface area contributed by atoms with Crippen LogP contribution in [-0.2, 0) is 16.0 Å². The number of aliphatic hydroxyl groups is 1. The fourth-order valence-corrected chi connectivity index (χ4v) is 3.49. The highest BCUT2D eigenvalue weighted by Crippen LogP contribution is 2.16. The number of amides is 1. The van der Waals surface area contributed by atoms with Crippen LogP contribution >= 0.6 is 0 Å². The third-order valence-electron chi connectivity index (χ3n) is 5.13. The monoisotopic (exact) mass is 362 g/mol. The topological polar surface area (TPSA) is 62.2 Å². The summed E-state index contributed by atoms with van der Waals surface area (Å²) in [5.41, 5.74) is 1.27. The van der Waals surface area contributed by atoms with Gasteiger partial charge in [-0.15, -0.1) is 0 Å². The summed E-state index contributed by atoms with van der Waals surface area (Å²) in [6.07, 6.45) is 2.04. The number of carbonyl (C=O) groups excluding carboxylic acids is 1. The van der Waals surface area contributed by atoms with Crippen LogP contribution in [0.3, 0.4) is 0 Å². The van der Waals surface area contributed by atoms with E-state index in [0.717, 1.165) is 38.1 Å². The second-order valence-electron chi connectivity index (χ2n) is 7.09. The standard InChI is InChI=1S/C20H30N2O4/c1-2-16-5-7-18(8-6-16)26-15-17(23)14-21-9-11-22(12-10-21)20(24)19-4-3-13-25-19/h5-8,17,19,23H,2-4,9-15H2,1H3. The number of carbonyl (C=O) groups is 1. The first kappa shape index (κ1) is 19.1. The first-order chi connectivity index (χ1) is 12.7. The van der Waals surface area contributed by atoms with Crippen molar-refractivity contribution >= 4 is 5.91 Å². The molecule has 3 rings (SSSR count). The lowest BCUT2D eigenvalue weighted by atomic mass is 10.2. The molecule has 1 amide bonds. The number of nitrogens with zero attached hydrogens (tertiary/aromatic N) is 2. The van der Waals surface area contributed by atoms with Gasteiger partial charge in [-0.05, 0) is 37.0 Å². The SMILES string of the molecule is CCc1ccc(OCC(O)CN2CCN(C(=O)C3CCCO3)CC2)cc1. The molecule has 0 aliphatic carbocycles. The van der Waals surface area contributed by atoms with E-state index in [4.69, 9.17) is 9.47 Å². The van der Waals surface area contributed by atoms with E-state index in [-0.39, 0.29) is 18.6 Å². The van der Waals surface area contributed by atoms with Crippen molar-refractivity contribution in [1.82, 2.24) is 9.80 Å². The van der Waals surface area contributed by atoms with Crippen LogP contribution in [0.5, 0.6) is 5.75 Å². The van der Waals surface area contributed by atoms with Gasteiger partial charge in [0.2, 0.25) is 0 Å². The Bertz CT molecular complexity index is 564. The van der Waals surface area contributed by atoms with Crippen molar-refractivity contribution < 1.29 is 19.4 Å². The summed E-state index contributed by atoms with van der Waals surface area (Å²) in [5.74, 6) is 0.912. The molecule has 0 saturated carbocycles. The molecule has 0 bridgehead atoms. The van der Waals surface area contributed by atoms with Crippen molar-refractivity contribution in [2.24, 2.45) is 0 Å². The van der Waals surface area contributed by atoms with E-state index in [0.29, 0.717) is 26.2 Å². The highest BCUT2D eigenvalue weighted by molar-refractivity contribution is 5.81. The maximum absolute atomic E-state index is 12.3. The van der Waals surface area contributed by atoms with Crippen molar-refractivity contribution in [3.05, 3.63) is 29.8 Å². The number of hydrogen-bond donors (Lipinski definition) is 1. The Hall–Kier alpha value is -1.63. The molecule has 2 unspecified atom stereocenters. The number of piperazine rings is 1. The second kappa shape index (κ2) is 9.35. The van der Waals surface area contributed by atoms with E-state index in [1.165, 1.54) is 5.56 Å². The van der Waals surface area contributed by atoms with Crippen LogP contribution in [0.25, 0.3) is 0 Å². The van der Waals surface area contributed by atoms with Crippen molar-refractivity contribution in [3.8, 4) is 5.75 Å². The number of rotatable bonds is 7. The minimum atomic E-state index is -0.540. The highest BCUT2D eigenvalue weighted by atomic mass is 16.5. The van der Waals surface area contributed by atoms with Gasteiger partial charge in [-0.2, -0.15) is 0 Å². The maximum Gasteiger partial charge on any atom is 0.251 e. The predicted molar refractivity (Wildman–Crippen MR) is 99.3 cm³/mol. The number of β-amino-alcohol motifs (C(OH)–C–C–N with tert-alkyl or cyclic N) is 1. The molecule has 2 aliphatic heterocycles. The maximum atomic E-state index is 12.3. The Labute approximate surface area is 155 Å². The minimum absolute atomic E-state index is 0.126. The Morgan fingerprint density at radius 2 is 2.00 bits per heavy atom. The molecule has 2 heterocycles. The zero-order chi connectivity index (χ0) is 18.4. The van der Waals surface area contributed by atoms with Gasteiger partial charge in [0.1, 0.15) is 24.6 Å². The van der Waals surface area contributed by atoms with E-state index in [1.54, 1.807) is 0 Å². The molecule has 144 valence electrons. The molecule has 6 nitrogen and oxygen atoms in total. The van der Waals surface area contributed by atoms with Crippen LogP contribution in [0, 0.1) is 0 Å². The first-order valence-corrected chi connectivity index (χ1v) is 9.68. The Balaban J connectivity index is 1.36. The molecule has 26 heavy (non-hydrogen) atoms. The molecular formula is C20H30N2O4. The summed E-state index contributed by atoms with van der Waals surface area (Å²) >= 11 is 0. The van der Waals surface area contributed by atoms with Gasteiger partial charge >= 0.3 is 0 Å². The van der Waals surface area contributed by atoms with Gasteiger partial charge in [0.15, 0.2) is 0 Å². The quantitative estimate of drug-likeness (QED) is 0.793. The highest BCUT2D eigenvalue weighted by Gasteiger charge is 2.30. The third kappa shape index (κ3) is 5.19. The number of aryl methyl sites for hydroxylation is 1. The molecule has 0 spiro atoms. The second-order valence-corrected chi connectivity index (χ2v) is 7.09. The van der Waals surface area contributed by atoms with Gasteiger partial charge in [0.25, 0.3) is 5.91 Å². The summed E-state index contributed by atoms with van der Waals surface area (Å²) in [4.78, 5) is 16.4. The molecule has 1 N–H and O–H groups in total. The van der Waals surface area contributed by atoms with Crippen LogP contribution in [0.4, 0.5) is 0 Å². The van der Waals surface area contributed by atoms with Gasteiger partial charge in [0, 0.05) is 39.3 Å². The molecule has 0 aromatic heterocycles. The smallest absolute Gasteiger partial charge is 0.251 e. The van der Waals surface area contributed by atoms with Crippen LogP contribution in [-0.4, -0.2) is 79.0 Å². The molecule has 0 radical (unpaired) electrons. The summed E-state index contributed by atoms with van der Waals surface area (Å²) in [5, 5.41) is 10.2. The molecule has 1 aromatic carbocycles. The average Bonchev–Trinajstić information content (AvgIpc) is 3.21. The van der Waals surface area contributed by atoms with Gasteiger partial charge in [-0.25, -0.2) is 0 Å². The number of aliphatic hydroxyl groups excluding tert-OH is 1. The number of ether oxygens (including phenoxy) is 2. The summed E-state index contributed by atoms with van der Waals surface area (Å²) in [7, 11) is 0. The third-order valence-corrected chi connectivity index (χ3v) is 5.13. The van der Waals surface area contributed by atoms with Crippen LogP contribution in [0.2, 0.25) is 0 Å². The van der Waals surface area contributed by atoms with Crippen molar-refractivity contribution in [1.29, 1.82) is 0 Å². The Kier molecular flexibility index (Phi) is 6.88. The largest absolute Gasteiger partial charge is 0.491 e. The molecule has 2 aliphatic rings. The zero-order valence-electron chi connectivity index (χ0n) is 15.6. The van der Waals surface area contributed by atoms with Crippen molar-refractivity contribution in [2.45, 2.75) is 38.4 Å². The summed E-state index contributed by atoms with van der Waals surface area (Å²) in [6.45, 7) is 6.62. The van der Waals surface area contributed by atoms with Gasteiger partial charge in [-0.1, -0.05) is 19.1 Å². The normalized spacial score (nSPS) is 22.4. The van der Waals surface area contributed by atoms with Crippen LogP contribution in [0.15, 0.2) is 24.3 Å². The molecule has 2 atom stereocenters. The molecule has 2 saturated heterocycles. The lowest BCUT2D eigenvalue weighted by Gasteiger charge is -2.36. The number of hydrogen-bond acceptors (Lipinski definition) is 5. The van der Waals surface area contributed by atoms with E-state index < -0.39 is 6.10 Å². The summed E-state index contributed by atoms with van der Waals surface area (Å²) in [6, 6.07) is 7.99. The zero-order valence-corrected chi connectivity index (χ0v) is 15.6. The Morgan fingerprint density at radius 3 is 2.62 bits per heavy atom. The Morgan fingerprint density at radius 1 is 1.27 bits per heavy atom.